The zero-order valence-electron chi connectivity index (χ0n) is 7.16. The Bertz CT molecular complexity index is 135. The van der Waals surface area contributed by atoms with Crippen LogP contribution in [0.4, 0.5) is 8.78 Å². The third-order valence-electron chi connectivity index (χ3n) is 1.66. The summed E-state index contributed by atoms with van der Waals surface area (Å²) in [5.41, 5.74) is 0. The first-order chi connectivity index (χ1) is 5.01. The molecule has 0 amide bonds. The molecule has 0 spiro atoms. The summed E-state index contributed by atoms with van der Waals surface area (Å²) in [5, 5.41) is 0. The van der Waals surface area contributed by atoms with E-state index in [1.165, 1.54) is 6.92 Å². The van der Waals surface area contributed by atoms with E-state index in [4.69, 9.17) is 0 Å². The van der Waals surface area contributed by atoms with Crippen LogP contribution in [0, 0.1) is 5.92 Å². The van der Waals surface area contributed by atoms with Crippen LogP contribution in [0.2, 0.25) is 0 Å². The third kappa shape index (κ3) is 2.95. The van der Waals surface area contributed by atoms with Gasteiger partial charge in [0.2, 0.25) is 5.92 Å². The molecule has 0 aromatic carbocycles. The molecule has 0 N–H and O–H groups in total. The third-order valence-corrected chi connectivity index (χ3v) is 1.66. The Morgan fingerprint density at radius 2 is 1.73 bits per heavy atom. The van der Waals surface area contributed by atoms with E-state index in [0.717, 1.165) is 0 Å². The molecule has 0 heterocycles. The number of Topliss-reactive ketones (excluding diaryl/α,β-unsaturated/α-hetero) is 1. The van der Waals surface area contributed by atoms with Crippen LogP contribution in [0.1, 0.15) is 33.6 Å². The van der Waals surface area contributed by atoms with Crippen molar-refractivity contribution >= 4 is 5.78 Å². The van der Waals surface area contributed by atoms with Gasteiger partial charge in [0.1, 0.15) is 5.78 Å². The van der Waals surface area contributed by atoms with Crippen molar-refractivity contribution in [3.05, 3.63) is 0 Å². The molecule has 1 aliphatic carbocycles. The largest absolute Gasteiger partial charge is 0.300 e. The lowest BCUT2D eigenvalue weighted by atomic mass is 9.79. The number of carbonyl (C=O) groups excluding carboxylic acids is 1. The van der Waals surface area contributed by atoms with Gasteiger partial charge in [0.05, 0.1) is 0 Å². The van der Waals surface area contributed by atoms with Crippen LogP contribution >= 0.6 is 0 Å². The lowest BCUT2D eigenvalue weighted by Crippen LogP contribution is -2.38. The Balaban J connectivity index is 0.000000461. The van der Waals surface area contributed by atoms with Crippen LogP contribution in [0.15, 0.2) is 0 Å². The molecule has 1 aliphatic rings. The van der Waals surface area contributed by atoms with Crippen LogP contribution < -0.4 is 0 Å². The molecular weight excluding hydrogens is 150 g/mol. The number of halogens is 2. The second-order valence-corrected chi connectivity index (χ2v) is 2.57. The van der Waals surface area contributed by atoms with Gasteiger partial charge in [-0.3, -0.25) is 4.79 Å². The van der Waals surface area contributed by atoms with Gasteiger partial charge in [-0.1, -0.05) is 13.8 Å². The molecule has 3 heteroatoms. The van der Waals surface area contributed by atoms with Crippen molar-refractivity contribution in [2.24, 2.45) is 5.92 Å². The second kappa shape index (κ2) is 3.79. The van der Waals surface area contributed by atoms with E-state index in [0.29, 0.717) is 0 Å². The quantitative estimate of drug-likeness (QED) is 0.582. The summed E-state index contributed by atoms with van der Waals surface area (Å²) in [6.45, 7) is 5.36. The minimum atomic E-state index is -2.55. The highest BCUT2D eigenvalue weighted by Crippen LogP contribution is 2.42. The van der Waals surface area contributed by atoms with E-state index >= 15 is 0 Å². The van der Waals surface area contributed by atoms with Gasteiger partial charge in [0, 0.05) is 18.8 Å². The molecule has 1 fully saturated rings. The maximum atomic E-state index is 12.0. The van der Waals surface area contributed by atoms with E-state index in [-0.39, 0.29) is 24.5 Å². The van der Waals surface area contributed by atoms with E-state index < -0.39 is 5.92 Å². The lowest BCUT2D eigenvalue weighted by Gasteiger charge is -2.32. The molecule has 0 unspecified atom stereocenters. The van der Waals surface area contributed by atoms with Crippen molar-refractivity contribution in [2.45, 2.75) is 39.5 Å². The Morgan fingerprint density at radius 1 is 1.36 bits per heavy atom. The second-order valence-electron chi connectivity index (χ2n) is 2.57. The van der Waals surface area contributed by atoms with Gasteiger partial charge in [0.25, 0.3) is 0 Å². The molecule has 0 bridgehead atoms. The molecule has 0 saturated heterocycles. The number of ketones is 1. The Kier molecular flexibility index (Phi) is 3.63. The summed E-state index contributed by atoms with van der Waals surface area (Å²) in [6, 6.07) is 0. The fourth-order valence-corrected chi connectivity index (χ4v) is 0.949. The normalized spacial score (nSPS) is 21.2. The molecule has 66 valence electrons. The number of alkyl halides is 2. The van der Waals surface area contributed by atoms with Gasteiger partial charge < -0.3 is 0 Å². The molecule has 1 rings (SSSR count). The molecule has 0 aromatic heterocycles. The van der Waals surface area contributed by atoms with Crippen LogP contribution in [-0.2, 0) is 4.79 Å². The Hall–Kier alpha value is -0.470. The van der Waals surface area contributed by atoms with Crippen molar-refractivity contribution in [3.63, 3.8) is 0 Å². The lowest BCUT2D eigenvalue weighted by molar-refractivity contribution is -0.146. The van der Waals surface area contributed by atoms with Gasteiger partial charge >= 0.3 is 0 Å². The first kappa shape index (κ1) is 10.5. The van der Waals surface area contributed by atoms with Gasteiger partial charge in [-0.25, -0.2) is 8.78 Å². The number of rotatable bonds is 1. The first-order valence-corrected chi connectivity index (χ1v) is 3.89. The van der Waals surface area contributed by atoms with Gasteiger partial charge in [-0.05, 0) is 6.92 Å². The van der Waals surface area contributed by atoms with Gasteiger partial charge in [-0.15, -0.1) is 0 Å². The van der Waals surface area contributed by atoms with Crippen molar-refractivity contribution in [2.75, 3.05) is 0 Å². The standard InChI is InChI=1S/C6H8F2O.C2H6/c1-4(9)5-2-6(7,8)3-5;1-2/h5H,2-3H2,1H3;1-2H3. The van der Waals surface area contributed by atoms with Crippen LogP contribution in [0.5, 0.6) is 0 Å². The minimum absolute atomic E-state index is 0.110. The Labute approximate surface area is 65.8 Å². The zero-order valence-corrected chi connectivity index (χ0v) is 7.16. The topological polar surface area (TPSA) is 17.1 Å². The maximum Gasteiger partial charge on any atom is 0.249 e. The highest BCUT2D eigenvalue weighted by atomic mass is 19.3. The molecule has 0 radical (unpaired) electrons. The molecule has 0 aromatic rings. The molecule has 0 atom stereocenters. The molecular formula is C8H14F2O. The van der Waals surface area contributed by atoms with E-state index in [1.807, 2.05) is 13.8 Å². The van der Waals surface area contributed by atoms with Crippen LogP contribution in [0.25, 0.3) is 0 Å². The minimum Gasteiger partial charge on any atom is -0.300 e. The van der Waals surface area contributed by atoms with Crippen molar-refractivity contribution in [3.8, 4) is 0 Å². The smallest absolute Gasteiger partial charge is 0.249 e. The molecule has 0 aliphatic heterocycles. The number of hydrogen-bond donors (Lipinski definition) is 0. The molecule has 1 saturated carbocycles. The predicted molar refractivity (Wildman–Crippen MR) is 39.7 cm³/mol. The van der Waals surface area contributed by atoms with Crippen LogP contribution in [0.3, 0.4) is 0 Å². The number of carbonyl (C=O) groups is 1. The van der Waals surface area contributed by atoms with Crippen molar-refractivity contribution in [1.29, 1.82) is 0 Å². The molecule has 1 nitrogen and oxygen atoms in total. The molecule has 11 heavy (non-hydrogen) atoms. The zero-order chi connectivity index (χ0) is 9.07. The highest BCUT2D eigenvalue weighted by molar-refractivity contribution is 5.79. The fraction of sp³-hybridized carbons (Fsp3) is 0.875. The van der Waals surface area contributed by atoms with E-state index in [9.17, 15) is 13.6 Å². The van der Waals surface area contributed by atoms with Gasteiger partial charge in [-0.2, -0.15) is 0 Å². The summed E-state index contributed by atoms with van der Waals surface area (Å²) in [7, 11) is 0. The van der Waals surface area contributed by atoms with E-state index in [1.54, 1.807) is 0 Å². The number of hydrogen-bond acceptors (Lipinski definition) is 1. The first-order valence-electron chi connectivity index (χ1n) is 3.89. The van der Waals surface area contributed by atoms with E-state index in [2.05, 4.69) is 0 Å². The predicted octanol–water partition coefficient (Wildman–Crippen LogP) is 2.65. The summed E-state index contributed by atoms with van der Waals surface area (Å²) >= 11 is 0. The highest BCUT2D eigenvalue weighted by Gasteiger charge is 2.47. The monoisotopic (exact) mass is 164 g/mol. The average molecular weight is 164 g/mol. The summed E-state index contributed by atoms with van der Waals surface area (Å²) < 4.78 is 24.0. The summed E-state index contributed by atoms with van der Waals surface area (Å²) in [5.74, 6) is -3.02. The summed E-state index contributed by atoms with van der Waals surface area (Å²) in [6.07, 6.45) is -0.468. The van der Waals surface area contributed by atoms with Gasteiger partial charge in [0.15, 0.2) is 0 Å². The maximum absolute atomic E-state index is 12.0. The summed E-state index contributed by atoms with van der Waals surface area (Å²) in [4.78, 5) is 10.4. The average Bonchev–Trinajstić information content (AvgIpc) is 1.87. The fourth-order valence-electron chi connectivity index (χ4n) is 0.949. The van der Waals surface area contributed by atoms with Crippen molar-refractivity contribution in [1.82, 2.24) is 0 Å². The SMILES string of the molecule is CC.CC(=O)C1CC(F)(F)C1. The van der Waals surface area contributed by atoms with Crippen LogP contribution in [-0.4, -0.2) is 11.7 Å². The van der Waals surface area contributed by atoms with Crippen molar-refractivity contribution < 1.29 is 13.6 Å². The Morgan fingerprint density at radius 3 is 1.82 bits per heavy atom.